The quantitative estimate of drug-likeness (QED) is 0.901. The Labute approximate surface area is 108 Å². The van der Waals surface area contributed by atoms with E-state index in [4.69, 9.17) is 10.2 Å². The van der Waals surface area contributed by atoms with Gasteiger partial charge in [-0.2, -0.15) is 4.98 Å². The molecule has 0 aliphatic carbocycles. The van der Waals surface area contributed by atoms with Crippen LogP contribution in [0.1, 0.15) is 33.7 Å². The highest BCUT2D eigenvalue weighted by molar-refractivity contribution is 5.38. The zero-order chi connectivity index (χ0) is 13.3. The van der Waals surface area contributed by atoms with E-state index in [0.29, 0.717) is 0 Å². The molecule has 2 N–H and O–H groups in total. The molecule has 1 aromatic carbocycles. The van der Waals surface area contributed by atoms with Crippen LogP contribution in [0.4, 0.5) is 6.01 Å². The van der Waals surface area contributed by atoms with Gasteiger partial charge in [-0.25, -0.2) is 0 Å². The van der Waals surface area contributed by atoms with E-state index in [0.717, 1.165) is 24.3 Å². The van der Waals surface area contributed by atoms with Crippen molar-refractivity contribution in [3.8, 4) is 0 Å². The Morgan fingerprint density at radius 2 is 1.67 bits per heavy atom. The van der Waals surface area contributed by atoms with Gasteiger partial charge in [0.2, 0.25) is 0 Å². The first-order valence-electron chi connectivity index (χ1n) is 6.26. The zero-order valence-electron chi connectivity index (χ0n) is 11.5. The summed E-state index contributed by atoms with van der Waals surface area (Å²) in [6.07, 6.45) is 1.81. The summed E-state index contributed by atoms with van der Waals surface area (Å²) >= 11 is 0. The molecule has 1 heterocycles. The summed E-state index contributed by atoms with van der Waals surface area (Å²) in [4.78, 5) is 4.09. The maximum atomic E-state index is 5.55. The predicted octanol–water partition coefficient (Wildman–Crippen LogP) is 3.28. The molecule has 0 spiro atoms. The third-order valence-corrected chi connectivity index (χ3v) is 3.35. The van der Waals surface area contributed by atoms with Crippen molar-refractivity contribution in [1.82, 2.24) is 4.98 Å². The molecule has 0 unspecified atom stereocenters. The predicted molar refractivity (Wildman–Crippen MR) is 73.7 cm³/mol. The van der Waals surface area contributed by atoms with E-state index >= 15 is 0 Å². The monoisotopic (exact) mass is 244 g/mol. The Hall–Kier alpha value is -1.77. The van der Waals surface area contributed by atoms with E-state index in [-0.39, 0.29) is 6.01 Å². The molecule has 18 heavy (non-hydrogen) atoms. The molecule has 0 saturated heterocycles. The molecule has 2 rings (SSSR count). The molecule has 1 aromatic heterocycles. The van der Waals surface area contributed by atoms with Crippen molar-refractivity contribution in [3.63, 3.8) is 0 Å². The first-order chi connectivity index (χ1) is 8.47. The van der Waals surface area contributed by atoms with Gasteiger partial charge in [0.25, 0.3) is 6.01 Å². The van der Waals surface area contributed by atoms with Crippen LogP contribution in [-0.2, 0) is 12.8 Å². The summed E-state index contributed by atoms with van der Waals surface area (Å²) in [5, 5.41) is 0. The number of nitrogens with zero attached hydrogens (tertiary/aromatic N) is 1. The largest absolute Gasteiger partial charge is 0.429 e. The van der Waals surface area contributed by atoms with Gasteiger partial charge in [-0.1, -0.05) is 17.7 Å². The maximum Gasteiger partial charge on any atom is 0.292 e. The molecule has 96 valence electrons. The lowest BCUT2D eigenvalue weighted by atomic mass is 9.95. The number of hydrogen-bond acceptors (Lipinski definition) is 3. The molecule has 0 atom stereocenters. The number of nitrogen functional groups attached to an aromatic ring is 1. The summed E-state index contributed by atoms with van der Waals surface area (Å²) < 4.78 is 5.41. The van der Waals surface area contributed by atoms with Crippen molar-refractivity contribution in [1.29, 1.82) is 0 Å². The highest BCUT2D eigenvalue weighted by Gasteiger charge is 2.10. The second-order valence-corrected chi connectivity index (χ2v) is 4.94. The Balaban J connectivity index is 2.18. The maximum absolute atomic E-state index is 5.55. The number of benzene rings is 1. The van der Waals surface area contributed by atoms with Gasteiger partial charge in [0, 0.05) is 6.42 Å². The lowest BCUT2D eigenvalue weighted by Crippen LogP contribution is -1.98. The minimum atomic E-state index is 0.264. The highest BCUT2D eigenvalue weighted by atomic mass is 16.4. The molecule has 3 heteroatoms. The SMILES string of the molecule is Cc1cc(C)c(CCc2oc(N)nc2C)c(C)c1. The van der Waals surface area contributed by atoms with Crippen LogP contribution >= 0.6 is 0 Å². The van der Waals surface area contributed by atoms with Gasteiger partial charge < -0.3 is 10.2 Å². The molecule has 0 aliphatic rings. The number of anilines is 1. The van der Waals surface area contributed by atoms with Gasteiger partial charge in [-0.05, 0) is 50.8 Å². The van der Waals surface area contributed by atoms with Crippen LogP contribution in [0, 0.1) is 27.7 Å². The smallest absolute Gasteiger partial charge is 0.292 e. The van der Waals surface area contributed by atoms with Gasteiger partial charge in [0.15, 0.2) is 0 Å². The number of nitrogens with two attached hydrogens (primary N) is 1. The van der Waals surface area contributed by atoms with E-state index in [1.54, 1.807) is 0 Å². The first-order valence-corrected chi connectivity index (χ1v) is 6.26. The van der Waals surface area contributed by atoms with Crippen LogP contribution in [0.25, 0.3) is 0 Å². The second-order valence-electron chi connectivity index (χ2n) is 4.94. The van der Waals surface area contributed by atoms with Gasteiger partial charge in [-0.3, -0.25) is 0 Å². The van der Waals surface area contributed by atoms with Gasteiger partial charge in [-0.15, -0.1) is 0 Å². The normalized spacial score (nSPS) is 10.9. The molecule has 0 fully saturated rings. The summed E-state index contributed by atoms with van der Waals surface area (Å²) in [6, 6.07) is 4.72. The molecule has 0 bridgehead atoms. The van der Waals surface area contributed by atoms with Crippen LogP contribution in [0.5, 0.6) is 0 Å². The van der Waals surface area contributed by atoms with E-state index in [1.165, 1.54) is 22.3 Å². The summed E-state index contributed by atoms with van der Waals surface area (Å²) in [7, 11) is 0. The molecular formula is C15H20N2O. The molecule has 0 saturated carbocycles. The Kier molecular flexibility index (Phi) is 3.41. The van der Waals surface area contributed by atoms with Crippen molar-refractivity contribution in [2.75, 3.05) is 5.73 Å². The van der Waals surface area contributed by atoms with Crippen molar-refractivity contribution < 1.29 is 4.42 Å². The standard InChI is InChI=1S/C15H20N2O/c1-9-7-10(2)13(11(3)8-9)5-6-14-12(4)17-15(16)18-14/h7-8H,5-6H2,1-4H3,(H2,16,17). The van der Waals surface area contributed by atoms with E-state index in [9.17, 15) is 0 Å². The van der Waals surface area contributed by atoms with E-state index in [2.05, 4.69) is 37.9 Å². The van der Waals surface area contributed by atoms with Crippen LogP contribution in [0.15, 0.2) is 16.5 Å². The Bertz CT molecular complexity index is 547. The Morgan fingerprint density at radius 3 is 2.17 bits per heavy atom. The zero-order valence-corrected chi connectivity index (χ0v) is 11.5. The molecule has 0 amide bonds. The summed E-state index contributed by atoms with van der Waals surface area (Å²) in [5.41, 5.74) is 11.9. The molecule has 0 radical (unpaired) electrons. The number of oxazole rings is 1. The first kappa shape index (κ1) is 12.7. The lowest BCUT2D eigenvalue weighted by Gasteiger charge is -2.10. The van der Waals surface area contributed by atoms with Crippen molar-refractivity contribution in [2.45, 2.75) is 40.5 Å². The van der Waals surface area contributed by atoms with E-state index in [1.807, 2.05) is 6.92 Å². The fourth-order valence-electron chi connectivity index (χ4n) is 2.53. The molecule has 2 aromatic rings. The van der Waals surface area contributed by atoms with Crippen molar-refractivity contribution in [2.24, 2.45) is 0 Å². The topological polar surface area (TPSA) is 52.0 Å². The highest BCUT2D eigenvalue weighted by Crippen LogP contribution is 2.20. The van der Waals surface area contributed by atoms with Crippen LogP contribution < -0.4 is 5.73 Å². The van der Waals surface area contributed by atoms with Crippen LogP contribution in [0.2, 0.25) is 0 Å². The van der Waals surface area contributed by atoms with Crippen LogP contribution in [0.3, 0.4) is 0 Å². The van der Waals surface area contributed by atoms with Crippen LogP contribution in [-0.4, -0.2) is 4.98 Å². The van der Waals surface area contributed by atoms with Crippen molar-refractivity contribution in [3.05, 3.63) is 45.8 Å². The average molecular weight is 244 g/mol. The molecule has 3 nitrogen and oxygen atoms in total. The second kappa shape index (κ2) is 4.84. The molecular weight excluding hydrogens is 224 g/mol. The molecule has 0 aliphatic heterocycles. The Morgan fingerprint density at radius 1 is 1.06 bits per heavy atom. The number of aromatic nitrogens is 1. The van der Waals surface area contributed by atoms with Crippen molar-refractivity contribution >= 4 is 6.01 Å². The summed E-state index contributed by atoms with van der Waals surface area (Å²) in [5.74, 6) is 0.895. The third-order valence-electron chi connectivity index (χ3n) is 3.35. The lowest BCUT2D eigenvalue weighted by molar-refractivity contribution is 0.519. The minimum Gasteiger partial charge on any atom is -0.429 e. The fraction of sp³-hybridized carbons (Fsp3) is 0.400. The van der Waals surface area contributed by atoms with E-state index < -0.39 is 0 Å². The minimum absolute atomic E-state index is 0.264. The van der Waals surface area contributed by atoms with Gasteiger partial charge in [0.05, 0.1) is 5.69 Å². The number of hydrogen-bond donors (Lipinski definition) is 1. The fourth-order valence-corrected chi connectivity index (χ4v) is 2.53. The van der Waals surface area contributed by atoms with Gasteiger partial charge in [0.1, 0.15) is 5.76 Å². The average Bonchev–Trinajstić information content (AvgIpc) is 2.55. The number of aryl methyl sites for hydroxylation is 5. The number of rotatable bonds is 3. The summed E-state index contributed by atoms with van der Waals surface area (Å²) in [6.45, 7) is 8.39. The van der Waals surface area contributed by atoms with Gasteiger partial charge >= 0.3 is 0 Å². The third kappa shape index (κ3) is 2.55.